The molecule has 0 aliphatic heterocycles. The number of hydrogen-bond donors (Lipinski definition) is 0. The smallest absolute Gasteiger partial charge is 0.377 e. The van der Waals surface area contributed by atoms with Crippen molar-refractivity contribution in [2.75, 3.05) is 0 Å². The van der Waals surface area contributed by atoms with Gasteiger partial charge in [0.15, 0.2) is 11.9 Å². The fourth-order valence-corrected chi connectivity index (χ4v) is 2.45. The molecule has 114 valence electrons. The van der Waals surface area contributed by atoms with Gasteiger partial charge in [0.1, 0.15) is 0 Å². The fourth-order valence-electron chi connectivity index (χ4n) is 2.29. The van der Waals surface area contributed by atoms with Gasteiger partial charge in [-0.15, -0.1) is 0 Å². The maximum atomic E-state index is 12.0. The second-order valence-corrected chi connectivity index (χ2v) is 5.48. The van der Waals surface area contributed by atoms with Crippen LogP contribution in [0.15, 0.2) is 28.8 Å². The number of carbonyl (C=O) groups is 1. The Morgan fingerprint density at radius 2 is 2.18 bits per heavy atom. The summed E-state index contributed by atoms with van der Waals surface area (Å²) in [5, 5.41) is 4.28. The highest BCUT2D eigenvalue weighted by Gasteiger charge is 2.21. The summed E-state index contributed by atoms with van der Waals surface area (Å²) in [7, 11) is 1.86. The van der Waals surface area contributed by atoms with Gasteiger partial charge in [-0.2, -0.15) is 0 Å². The summed E-state index contributed by atoms with van der Waals surface area (Å²) in [6.45, 7) is 3.49. The van der Waals surface area contributed by atoms with E-state index in [0.29, 0.717) is 16.5 Å². The van der Waals surface area contributed by atoms with Gasteiger partial charge in [0.05, 0.1) is 16.7 Å². The van der Waals surface area contributed by atoms with Gasteiger partial charge in [0.25, 0.3) is 0 Å². The van der Waals surface area contributed by atoms with Gasteiger partial charge in [-0.1, -0.05) is 16.8 Å². The minimum Gasteiger partial charge on any atom is -0.449 e. The van der Waals surface area contributed by atoms with Crippen molar-refractivity contribution in [1.82, 2.24) is 14.7 Å². The van der Waals surface area contributed by atoms with Crippen molar-refractivity contribution in [3.8, 4) is 0 Å². The molecule has 2 aromatic heterocycles. The van der Waals surface area contributed by atoms with Gasteiger partial charge >= 0.3 is 5.97 Å². The third kappa shape index (κ3) is 2.57. The predicted molar refractivity (Wildman–Crippen MR) is 80.8 cm³/mol. The Morgan fingerprint density at radius 3 is 2.86 bits per heavy atom. The number of halogens is 1. The van der Waals surface area contributed by atoms with Crippen molar-refractivity contribution < 1.29 is 14.1 Å². The van der Waals surface area contributed by atoms with E-state index in [0.717, 1.165) is 11.0 Å². The number of carbonyl (C=O) groups excluding carboxylic acids is 1. The lowest BCUT2D eigenvalue weighted by molar-refractivity contribution is 0.0269. The number of esters is 1. The van der Waals surface area contributed by atoms with Crippen LogP contribution in [-0.2, 0) is 11.8 Å². The highest BCUT2D eigenvalue weighted by molar-refractivity contribution is 6.31. The van der Waals surface area contributed by atoms with Gasteiger partial charge in [-0.3, -0.25) is 0 Å². The first-order valence-electron chi connectivity index (χ1n) is 6.72. The highest BCUT2D eigenvalue weighted by atomic mass is 35.5. The molecule has 0 bridgehead atoms. The van der Waals surface area contributed by atoms with Gasteiger partial charge in [0, 0.05) is 18.1 Å². The van der Waals surface area contributed by atoms with Crippen molar-refractivity contribution in [3.05, 3.63) is 46.6 Å². The molecule has 0 saturated carbocycles. The Hall–Kier alpha value is -2.34. The van der Waals surface area contributed by atoms with Gasteiger partial charge in [-0.05, 0) is 32.0 Å². The number of hydrogen-bond acceptors (Lipinski definition) is 5. The molecule has 3 aromatic rings. The van der Waals surface area contributed by atoms with E-state index in [2.05, 4.69) is 10.1 Å². The Morgan fingerprint density at radius 1 is 1.41 bits per heavy atom. The maximum Gasteiger partial charge on any atom is 0.377 e. The Kier molecular flexibility index (Phi) is 3.62. The summed E-state index contributed by atoms with van der Waals surface area (Å²) in [4.78, 5) is 16.5. The lowest BCUT2D eigenvalue weighted by atomic mass is 10.3. The number of ether oxygens (including phenoxy) is 1. The average molecular weight is 320 g/mol. The number of aryl methyl sites for hydroxylation is 2. The van der Waals surface area contributed by atoms with Crippen LogP contribution in [-0.4, -0.2) is 20.7 Å². The summed E-state index contributed by atoms with van der Waals surface area (Å²) in [5.74, 6) is 0.131. The quantitative estimate of drug-likeness (QED) is 0.692. The van der Waals surface area contributed by atoms with Crippen LogP contribution in [0.5, 0.6) is 0 Å². The Balaban J connectivity index is 1.87. The van der Waals surface area contributed by atoms with E-state index in [9.17, 15) is 4.79 Å². The van der Waals surface area contributed by atoms with Crippen LogP contribution in [0.2, 0.25) is 5.02 Å². The van der Waals surface area contributed by atoms with E-state index in [1.807, 2.05) is 17.7 Å². The number of nitrogens with zero attached hydrogens (tertiary/aromatic N) is 3. The second-order valence-electron chi connectivity index (χ2n) is 5.04. The SMILES string of the molecule is Cc1cc(C(=O)O[C@H](C)c2nc3cc(Cl)ccc3n2C)on1. The summed E-state index contributed by atoms with van der Waals surface area (Å²) in [6, 6.07) is 6.98. The molecule has 0 aliphatic rings. The molecule has 0 radical (unpaired) electrons. The van der Waals surface area contributed by atoms with E-state index in [4.69, 9.17) is 20.9 Å². The summed E-state index contributed by atoms with van der Waals surface area (Å²) >= 11 is 5.97. The Bertz CT molecular complexity index is 853. The lowest BCUT2D eigenvalue weighted by Gasteiger charge is -2.11. The maximum absolute atomic E-state index is 12.0. The summed E-state index contributed by atoms with van der Waals surface area (Å²) in [6.07, 6.45) is -0.533. The topological polar surface area (TPSA) is 70.2 Å². The van der Waals surface area contributed by atoms with Crippen LogP contribution < -0.4 is 0 Å². The third-order valence-electron chi connectivity index (χ3n) is 3.35. The molecule has 0 aliphatic carbocycles. The third-order valence-corrected chi connectivity index (χ3v) is 3.59. The molecule has 2 heterocycles. The number of imidazole rings is 1. The summed E-state index contributed by atoms with van der Waals surface area (Å²) in [5.41, 5.74) is 2.29. The molecule has 0 fully saturated rings. The van der Waals surface area contributed by atoms with Crippen LogP contribution in [0.4, 0.5) is 0 Å². The van der Waals surface area contributed by atoms with Gasteiger partial charge < -0.3 is 13.8 Å². The monoisotopic (exact) mass is 319 g/mol. The minimum atomic E-state index is -0.571. The first-order valence-corrected chi connectivity index (χ1v) is 7.09. The van der Waals surface area contributed by atoms with Crippen molar-refractivity contribution in [2.45, 2.75) is 20.0 Å². The van der Waals surface area contributed by atoms with Crippen LogP contribution in [0, 0.1) is 6.92 Å². The van der Waals surface area contributed by atoms with Crippen molar-refractivity contribution in [2.24, 2.45) is 7.05 Å². The molecule has 0 spiro atoms. The first-order chi connectivity index (χ1) is 10.5. The number of aromatic nitrogens is 3. The molecule has 3 rings (SSSR count). The molecule has 0 unspecified atom stereocenters. The van der Waals surface area contributed by atoms with E-state index in [1.165, 1.54) is 6.07 Å². The standard InChI is InChI=1S/C15H14ClN3O3/c1-8-6-13(22-18-8)15(20)21-9(2)14-17-11-7-10(16)4-5-12(11)19(14)3/h4-7,9H,1-3H3/t9-/m1/s1. The normalized spacial score (nSPS) is 12.5. The van der Waals surface area contributed by atoms with E-state index in [-0.39, 0.29) is 5.76 Å². The van der Waals surface area contributed by atoms with Crippen molar-refractivity contribution in [3.63, 3.8) is 0 Å². The molecule has 22 heavy (non-hydrogen) atoms. The minimum absolute atomic E-state index is 0.0751. The molecule has 6 nitrogen and oxygen atoms in total. The lowest BCUT2D eigenvalue weighted by Crippen LogP contribution is -2.12. The molecule has 0 saturated heterocycles. The largest absolute Gasteiger partial charge is 0.449 e. The van der Waals surface area contributed by atoms with E-state index in [1.54, 1.807) is 26.0 Å². The number of benzene rings is 1. The van der Waals surface area contributed by atoms with Crippen LogP contribution in [0.1, 0.15) is 35.1 Å². The Labute approximate surface area is 131 Å². The highest BCUT2D eigenvalue weighted by Crippen LogP contribution is 2.24. The van der Waals surface area contributed by atoms with Crippen molar-refractivity contribution >= 4 is 28.6 Å². The molecule has 1 atom stereocenters. The molecular formula is C15H14ClN3O3. The van der Waals surface area contributed by atoms with Gasteiger partial charge in [0.2, 0.25) is 5.76 Å². The number of fused-ring (bicyclic) bond motifs is 1. The molecular weight excluding hydrogens is 306 g/mol. The van der Waals surface area contributed by atoms with Crippen LogP contribution in [0.3, 0.4) is 0 Å². The van der Waals surface area contributed by atoms with E-state index < -0.39 is 12.1 Å². The molecule has 1 aromatic carbocycles. The van der Waals surface area contributed by atoms with Crippen LogP contribution >= 0.6 is 11.6 Å². The zero-order chi connectivity index (χ0) is 15.9. The zero-order valence-corrected chi connectivity index (χ0v) is 13.1. The van der Waals surface area contributed by atoms with Crippen LogP contribution in [0.25, 0.3) is 11.0 Å². The predicted octanol–water partition coefficient (Wildman–Crippen LogP) is 3.44. The van der Waals surface area contributed by atoms with Crippen molar-refractivity contribution in [1.29, 1.82) is 0 Å². The fraction of sp³-hybridized carbons (Fsp3) is 0.267. The zero-order valence-electron chi connectivity index (χ0n) is 12.3. The average Bonchev–Trinajstić information content (AvgIpc) is 3.03. The molecule has 7 heteroatoms. The molecule has 0 N–H and O–H groups in total. The molecule has 0 amide bonds. The van der Waals surface area contributed by atoms with E-state index >= 15 is 0 Å². The first kappa shape index (κ1) is 14.6. The van der Waals surface area contributed by atoms with Gasteiger partial charge in [-0.25, -0.2) is 9.78 Å². The second kappa shape index (κ2) is 5.46. The summed E-state index contributed by atoms with van der Waals surface area (Å²) < 4.78 is 12.2. The number of rotatable bonds is 3.